The summed E-state index contributed by atoms with van der Waals surface area (Å²) in [5.74, 6) is 2.22. The van der Waals surface area contributed by atoms with Crippen molar-refractivity contribution in [1.82, 2.24) is 10.2 Å². The summed E-state index contributed by atoms with van der Waals surface area (Å²) >= 11 is 1.56. The minimum Gasteiger partial charge on any atom is -0.493 e. The van der Waals surface area contributed by atoms with Crippen molar-refractivity contribution in [1.29, 1.82) is 0 Å². The molecule has 0 unspecified atom stereocenters. The second-order valence-electron chi connectivity index (χ2n) is 7.01. The fourth-order valence-corrected chi connectivity index (χ4v) is 4.73. The number of hydrogen-bond donors (Lipinski definition) is 2. The summed E-state index contributed by atoms with van der Waals surface area (Å²) in [5.41, 5.74) is 5.13. The highest BCUT2D eigenvalue weighted by molar-refractivity contribution is 8.00. The standard InChI is InChI=1S/C22H23N3O3S/c1-13-6-4-7-15(10-13)11-28-20-16(8-5-9-17(20)27-3)21-19-14(2)24-25-22(19)23-18(26)12-29-21/h4-10,21H,11-12H2,1-3H3,(H2,23,24,25,26)/t21-/m0/s1. The van der Waals surface area contributed by atoms with Crippen LogP contribution in [0.15, 0.2) is 42.5 Å². The number of nitrogens with zero attached hydrogens (tertiary/aromatic N) is 1. The van der Waals surface area contributed by atoms with E-state index in [1.165, 1.54) is 5.56 Å². The van der Waals surface area contributed by atoms with E-state index < -0.39 is 0 Å². The van der Waals surface area contributed by atoms with E-state index in [2.05, 4.69) is 34.6 Å². The molecular formula is C22H23N3O3S. The Kier molecular flexibility index (Phi) is 5.49. The van der Waals surface area contributed by atoms with Crippen LogP contribution in [0.5, 0.6) is 11.5 Å². The molecule has 7 heteroatoms. The molecule has 0 bridgehead atoms. The fourth-order valence-electron chi connectivity index (χ4n) is 3.52. The quantitative estimate of drug-likeness (QED) is 0.654. The van der Waals surface area contributed by atoms with E-state index in [0.717, 1.165) is 22.4 Å². The number of rotatable bonds is 5. The molecule has 2 aromatic carbocycles. The molecule has 2 heterocycles. The second-order valence-corrected chi connectivity index (χ2v) is 8.10. The number of para-hydroxylation sites is 1. The van der Waals surface area contributed by atoms with Crippen molar-refractivity contribution in [3.05, 3.63) is 70.4 Å². The van der Waals surface area contributed by atoms with Crippen LogP contribution in [0.25, 0.3) is 0 Å². The second kappa shape index (κ2) is 8.21. The molecule has 1 amide bonds. The first kappa shape index (κ1) is 19.4. The average Bonchev–Trinajstić information content (AvgIpc) is 2.97. The van der Waals surface area contributed by atoms with Crippen molar-refractivity contribution < 1.29 is 14.3 Å². The zero-order valence-corrected chi connectivity index (χ0v) is 17.4. The molecule has 1 atom stereocenters. The zero-order valence-electron chi connectivity index (χ0n) is 16.6. The van der Waals surface area contributed by atoms with Crippen LogP contribution >= 0.6 is 11.8 Å². The molecule has 0 spiro atoms. The van der Waals surface area contributed by atoms with Gasteiger partial charge in [0.15, 0.2) is 17.3 Å². The molecule has 6 nitrogen and oxygen atoms in total. The van der Waals surface area contributed by atoms with Crippen molar-refractivity contribution >= 4 is 23.5 Å². The molecule has 1 aliphatic rings. The van der Waals surface area contributed by atoms with Gasteiger partial charge < -0.3 is 14.8 Å². The van der Waals surface area contributed by atoms with Gasteiger partial charge in [-0.15, -0.1) is 11.8 Å². The summed E-state index contributed by atoms with van der Waals surface area (Å²) in [6, 6.07) is 14.1. The summed E-state index contributed by atoms with van der Waals surface area (Å²) in [6.07, 6.45) is 0. The largest absolute Gasteiger partial charge is 0.493 e. The number of amides is 1. The molecule has 0 radical (unpaired) electrons. The number of ether oxygens (including phenoxy) is 2. The Balaban J connectivity index is 1.74. The Bertz CT molecular complexity index is 1050. The zero-order chi connectivity index (χ0) is 20.4. The lowest BCUT2D eigenvalue weighted by molar-refractivity contribution is -0.113. The monoisotopic (exact) mass is 409 g/mol. The maximum atomic E-state index is 12.1. The summed E-state index contributed by atoms with van der Waals surface area (Å²) in [6.45, 7) is 4.46. The lowest BCUT2D eigenvalue weighted by Gasteiger charge is -2.21. The van der Waals surface area contributed by atoms with Crippen molar-refractivity contribution in [3.63, 3.8) is 0 Å². The first-order valence-corrected chi connectivity index (χ1v) is 10.4. The average molecular weight is 410 g/mol. The number of nitrogens with one attached hydrogen (secondary N) is 2. The first-order valence-electron chi connectivity index (χ1n) is 9.38. The van der Waals surface area contributed by atoms with E-state index in [9.17, 15) is 4.79 Å². The van der Waals surface area contributed by atoms with Crippen LogP contribution in [0.2, 0.25) is 0 Å². The van der Waals surface area contributed by atoms with Gasteiger partial charge in [-0.2, -0.15) is 5.10 Å². The minimum atomic E-state index is -0.106. The van der Waals surface area contributed by atoms with Gasteiger partial charge in [0.25, 0.3) is 0 Å². The number of benzene rings is 2. The Hall–Kier alpha value is -2.93. The lowest BCUT2D eigenvalue weighted by Crippen LogP contribution is -2.12. The molecule has 2 N–H and O–H groups in total. The number of methoxy groups -OCH3 is 1. The Morgan fingerprint density at radius 1 is 1.21 bits per heavy atom. The molecule has 0 fully saturated rings. The topological polar surface area (TPSA) is 76.2 Å². The molecule has 150 valence electrons. The van der Waals surface area contributed by atoms with Gasteiger partial charge in [0.05, 0.1) is 18.1 Å². The van der Waals surface area contributed by atoms with Crippen LogP contribution in [-0.2, 0) is 11.4 Å². The van der Waals surface area contributed by atoms with Crippen molar-refractivity contribution in [3.8, 4) is 11.5 Å². The van der Waals surface area contributed by atoms with Crippen molar-refractivity contribution in [2.45, 2.75) is 25.7 Å². The molecule has 1 aliphatic heterocycles. The van der Waals surface area contributed by atoms with E-state index in [4.69, 9.17) is 9.47 Å². The normalized spacial score (nSPS) is 16.0. The van der Waals surface area contributed by atoms with E-state index in [1.807, 2.05) is 37.3 Å². The molecule has 0 saturated heterocycles. The lowest BCUT2D eigenvalue weighted by atomic mass is 10.0. The number of H-pyrrole nitrogens is 1. The van der Waals surface area contributed by atoms with Crippen molar-refractivity contribution in [2.75, 3.05) is 18.2 Å². The van der Waals surface area contributed by atoms with Gasteiger partial charge >= 0.3 is 0 Å². The summed E-state index contributed by atoms with van der Waals surface area (Å²) < 4.78 is 11.9. The summed E-state index contributed by atoms with van der Waals surface area (Å²) in [5, 5.41) is 10.0. The molecule has 0 saturated carbocycles. The maximum Gasteiger partial charge on any atom is 0.235 e. The van der Waals surface area contributed by atoms with Crippen LogP contribution in [-0.4, -0.2) is 29.0 Å². The third kappa shape index (κ3) is 3.96. The summed E-state index contributed by atoms with van der Waals surface area (Å²) in [7, 11) is 1.64. The van der Waals surface area contributed by atoms with E-state index in [1.54, 1.807) is 18.9 Å². The first-order chi connectivity index (χ1) is 14.1. The maximum absolute atomic E-state index is 12.1. The Labute approximate surface area is 174 Å². The fraction of sp³-hybridized carbons (Fsp3) is 0.273. The minimum absolute atomic E-state index is 0.0598. The number of hydrogen-bond acceptors (Lipinski definition) is 5. The number of carbonyl (C=O) groups excluding carboxylic acids is 1. The van der Waals surface area contributed by atoms with Gasteiger partial charge in [-0.3, -0.25) is 9.89 Å². The van der Waals surface area contributed by atoms with Gasteiger partial charge in [-0.25, -0.2) is 0 Å². The third-order valence-corrected chi connectivity index (χ3v) is 6.12. The third-order valence-electron chi connectivity index (χ3n) is 4.87. The van der Waals surface area contributed by atoms with Crippen LogP contribution in [0, 0.1) is 13.8 Å². The van der Waals surface area contributed by atoms with Crippen LogP contribution in [0.3, 0.4) is 0 Å². The predicted octanol–water partition coefficient (Wildman–Crippen LogP) is 4.39. The number of aromatic nitrogens is 2. The summed E-state index contributed by atoms with van der Waals surface area (Å²) in [4.78, 5) is 12.1. The number of aromatic amines is 1. The number of thioether (sulfide) groups is 1. The Morgan fingerprint density at radius 2 is 2.03 bits per heavy atom. The van der Waals surface area contributed by atoms with Gasteiger partial charge in [0, 0.05) is 16.8 Å². The molecule has 4 rings (SSSR count). The Morgan fingerprint density at radius 3 is 2.83 bits per heavy atom. The van der Waals surface area contributed by atoms with Crippen LogP contribution in [0.4, 0.5) is 5.82 Å². The van der Waals surface area contributed by atoms with Crippen LogP contribution < -0.4 is 14.8 Å². The highest BCUT2D eigenvalue weighted by Crippen LogP contribution is 2.47. The molecule has 29 heavy (non-hydrogen) atoms. The van der Waals surface area contributed by atoms with E-state index >= 15 is 0 Å². The van der Waals surface area contributed by atoms with Gasteiger partial charge in [0.1, 0.15) is 6.61 Å². The molecular weight excluding hydrogens is 386 g/mol. The van der Waals surface area contributed by atoms with Gasteiger partial charge in [0.2, 0.25) is 5.91 Å². The van der Waals surface area contributed by atoms with Crippen LogP contribution in [0.1, 0.15) is 33.2 Å². The SMILES string of the molecule is COc1cccc([C@@H]2SCC(=O)Nc3n[nH]c(C)c32)c1OCc1cccc(C)c1. The number of aryl methyl sites for hydroxylation is 2. The number of carbonyl (C=O) groups is 1. The van der Waals surface area contributed by atoms with Gasteiger partial charge in [-0.05, 0) is 25.5 Å². The highest BCUT2D eigenvalue weighted by atomic mass is 32.2. The smallest absolute Gasteiger partial charge is 0.235 e. The van der Waals surface area contributed by atoms with E-state index in [0.29, 0.717) is 29.7 Å². The molecule has 1 aromatic heterocycles. The predicted molar refractivity (Wildman–Crippen MR) is 115 cm³/mol. The van der Waals surface area contributed by atoms with Gasteiger partial charge in [-0.1, -0.05) is 42.0 Å². The molecule has 3 aromatic rings. The number of anilines is 1. The molecule has 0 aliphatic carbocycles. The number of fused-ring (bicyclic) bond motifs is 1. The van der Waals surface area contributed by atoms with E-state index in [-0.39, 0.29) is 11.2 Å². The van der Waals surface area contributed by atoms with Crippen molar-refractivity contribution in [2.24, 2.45) is 0 Å². The highest BCUT2D eigenvalue weighted by Gasteiger charge is 2.31.